The van der Waals surface area contributed by atoms with Crippen LogP contribution in [0.2, 0.25) is 0 Å². The van der Waals surface area contributed by atoms with Crippen LogP contribution in [0.15, 0.2) is 42.5 Å². The van der Waals surface area contributed by atoms with E-state index in [4.69, 9.17) is 14.2 Å². The maximum Gasteiger partial charge on any atom is 0.339 e. The molecule has 1 aliphatic heterocycles. The van der Waals surface area contributed by atoms with Crippen molar-refractivity contribution in [3.63, 3.8) is 0 Å². The Morgan fingerprint density at radius 3 is 2.59 bits per heavy atom. The number of aromatic nitrogens is 2. The fourth-order valence-electron chi connectivity index (χ4n) is 3.82. The van der Waals surface area contributed by atoms with E-state index in [1.807, 2.05) is 22.9 Å². The summed E-state index contributed by atoms with van der Waals surface area (Å²) >= 11 is 0. The Labute approximate surface area is 185 Å². The number of benzene rings is 2. The highest BCUT2D eigenvalue weighted by atomic mass is 16.5. The van der Waals surface area contributed by atoms with E-state index in [1.54, 1.807) is 31.4 Å². The molecule has 9 heteroatoms. The Bertz CT molecular complexity index is 1120. The molecule has 0 spiro atoms. The summed E-state index contributed by atoms with van der Waals surface area (Å²) in [5.41, 5.74) is 1.66. The van der Waals surface area contributed by atoms with Crippen LogP contribution in [0.3, 0.4) is 0 Å². The molecule has 3 aromatic rings. The maximum atomic E-state index is 13.2. The molecule has 0 radical (unpaired) electrons. The number of fused-ring (bicyclic) bond motifs is 1. The third kappa shape index (κ3) is 4.44. The van der Waals surface area contributed by atoms with E-state index in [0.717, 1.165) is 38.4 Å². The van der Waals surface area contributed by atoms with Gasteiger partial charge in [-0.05, 0) is 18.2 Å². The van der Waals surface area contributed by atoms with Crippen LogP contribution in [0, 0.1) is 0 Å². The molecule has 0 saturated carbocycles. The lowest BCUT2D eigenvalue weighted by Crippen LogP contribution is -2.38. The molecule has 0 atom stereocenters. The highest BCUT2D eigenvalue weighted by Crippen LogP contribution is 2.29. The lowest BCUT2D eigenvalue weighted by molar-refractivity contribution is 0.0361. The Balaban J connectivity index is 1.65. The molecule has 1 saturated heterocycles. The Hall–Kier alpha value is -3.43. The lowest BCUT2D eigenvalue weighted by atomic mass is 10.1. The van der Waals surface area contributed by atoms with Gasteiger partial charge in [0.1, 0.15) is 11.3 Å². The second-order valence-corrected chi connectivity index (χ2v) is 7.37. The summed E-state index contributed by atoms with van der Waals surface area (Å²) in [5, 5.41) is 8.11. The molecular formula is C23H26N4O5. The molecule has 0 aliphatic carbocycles. The number of ether oxygens (including phenoxy) is 3. The Kier molecular flexibility index (Phi) is 6.67. The van der Waals surface area contributed by atoms with Crippen LogP contribution in [0.4, 0.5) is 5.69 Å². The minimum absolute atomic E-state index is 0.264. The first-order valence-corrected chi connectivity index (χ1v) is 10.4. The van der Waals surface area contributed by atoms with Gasteiger partial charge in [-0.3, -0.25) is 14.4 Å². The van der Waals surface area contributed by atoms with E-state index < -0.39 is 11.9 Å². The first-order valence-electron chi connectivity index (χ1n) is 10.4. The number of methoxy groups -OCH3 is 2. The van der Waals surface area contributed by atoms with Crippen LogP contribution in [0.1, 0.15) is 20.8 Å². The van der Waals surface area contributed by atoms with E-state index in [9.17, 15) is 9.59 Å². The third-order valence-corrected chi connectivity index (χ3v) is 5.48. The number of anilines is 1. The maximum absolute atomic E-state index is 13.2. The highest BCUT2D eigenvalue weighted by molar-refractivity contribution is 6.13. The van der Waals surface area contributed by atoms with Crippen molar-refractivity contribution in [2.45, 2.75) is 6.54 Å². The van der Waals surface area contributed by atoms with Crippen LogP contribution in [0.25, 0.3) is 10.9 Å². The molecule has 1 N–H and O–H groups in total. The zero-order chi connectivity index (χ0) is 22.5. The zero-order valence-electron chi connectivity index (χ0n) is 18.2. The minimum atomic E-state index is -0.525. The summed E-state index contributed by atoms with van der Waals surface area (Å²) in [6.07, 6.45) is 0. The number of rotatable bonds is 7. The molecule has 168 valence electrons. The van der Waals surface area contributed by atoms with Gasteiger partial charge in [-0.25, -0.2) is 4.79 Å². The van der Waals surface area contributed by atoms with Crippen LogP contribution in [-0.4, -0.2) is 73.6 Å². The molecule has 1 fully saturated rings. The quantitative estimate of drug-likeness (QED) is 0.566. The fraction of sp³-hybridized carbons (Fsp3) is 0.348. The number of carbonyl (C=O) groups is 2. The van der Waals surface area contributed by atoms with Crippen molar-refractivity contribution in [1.29, 1.82) is 0 Å². The molecule has 9 nitrogen and oxygen atoms in total. The Morgan fingerprint density at radius 2 is 1.84 bits per heavy atom. The topological polar surface area (TPSA) is 94.9 Å². The van der Waals surface area contributed by atoms with Crippen molar-refractivity contribution in [1.82, 2.24) is 14.7 Å². The summed E-state index contributed by atoms with van der Waals surface area (Å²) < 4.78 is 17.6. The molecule has 1 aliphatic rings. The average molecular weight is 438 g/mol. The lowest BCUT2D eigenvalue weighted by Gasteiger charge is -2.26. The van der Waals surface area contributed by atoms with Crippen molar-refractivity contribution in [3.05, 3.63) is 53.7 Å². The van der Waals surface area contributed by atoms with Gasteiger partial charge < -0.3 is 19.5 Å². The van der Waals surface area contributed by atoms with E-state index in [-0.39, 0.29) is 11.3 Å². The summed E-state index contributed by atoms with van der Waals surface area (Å²) in [7, 11) is 2.90. The van der Waals surface area contributed by atoms with E-state index in [0.29, 0.717) is 23.4 Å². The van der Waals surface area contributed by atoms with E-state index >= 15 is 0 Å². The number of nitrogens with zero attached hydrogens (tertiary/aromatic N) is 3. The van der Waals surface area contributed by atoms with Gasteiger partial charge in [-0.15, -0.1) is 0 Å². The summed E-state index contributed by atoms with van der Waals surface area (Å²) in [4.78, 5) is 27.6. The van der Waals surface area contributed by atoms with E-state index in [1.165, 1.54) is 7.11 Å². The molecule has 0 bridgehead atoms. The molecule has 2 aromatic carbocycles. The number of hydrogen-bond acceptors (Lipinski definition) is 7. The SMILES string of the molecule is COC(=O)c1ccccc1NC(=O)c1nn(CCN2CCOCC2)c2c(OC)cccc12. The number of morpholine rings is 1. The van der Waals surface area contributed by atoms with Crippen molar-refractivity contribution in [2.75, 3.05) is 52.4 Å². The summed E-state index contributed by atoms with van der Waals surface area (Å²) in [6, 6.07) is 12.2. The predicted octanol–water partition coefficient (Wildman–Crippen LogP) is 2.42. The molecule has 0 unspecified atom stereocenters. The second kappa shape index (κ2) is 9.80. The van der Waals surface area contributed by atoms with Gasteiger partial charge in [0.05, 0.1) is 45.2 Å². The van der Waals surface area contributed by atoms with Crippen LogP contribution in [0.5, 0.6) is 5.75 Å². The molecule has 2 heterocycles. The molecule has 4 rings (SSSR count). The van der Waals surface area contributed by atoms with Gasteiger partial charge in [0.2, 0.25) is 0 Å². The Morgan fingerprint density at radius 1 is 1.06 bits per heavy atom. The number of esters is 1. The number of amides is 1. The molecule has 1 amide bonds. The molecule has 1 aromatic heterocycles. The molecule has 32 heavy (non-hydrogen) atoms. The number of nitrogens with one attached hydrogen (secondary N) is 1. The van der Waals surface area contributed by atoms with E-state index in [2.05, 4.69) is 15.3 Å². The monoisotopic (exact) mass is 438 g/mol. The first kappa shape index (κ1) is 21.8. The van der Waals surface area contributed by atoms with Crippen LogP contribution >= 0.6 is 0 Å². The summed E-state index contributed by atoms with van der Waals surface area (Å²) in [5.74, 6) is -0.292. The molecular weight excluding hydrogens is 412 g/mol. The number of hydrogen-bond donors (Lipinski definition) is 1. The number of carbonyl (C=O) groups excluding carboxylic acids is 2. The standard InChI is InChI=1S/C23H26N4O5/c1-30-19-9-5-7-17-20(22(28)24-18-8-4-3-6-16(18)23(29)31-2)25-27(21(17)19)11-10-26-12-14-32-15-13-26/h3-9H,10-15H2,1-2H3,(H,24,28). The van der Waals surface area contributed by atoms with Crippen LogP contribution in [-0.2, 0) is 16.0 Å². The number of para-hydroxylation sites is 2. The van der Waals surface area contributed by atoms with Gasteiger partial charge in [0, 0.05) is 25.0 Å². The van der Waals surface area contributed by atoms with Crippen LogP contribution < -0.4 is 10.1 Å². The smallest absolute Gasteiger partial charge is 0.339 e. The normalized spacial score (nSPS) is 14.3. The predicted molar refractivity (Wildman–Crippen MR) is 119 cm³/mol. The largest absolute Gasteiger partial charge is 0.494 e. The minimum Gasteiger partial charge on any atom is -0.494 e. The van der Waals surface area contributed by atoms with Crippen molar-refractivity contribution < 1.29 is 23.8 Å². The second-order valence-electron chi connectivity index (χ2n) is 7.37. The van der Waals surface area contributed by atoms with Gasteiger partial charge in [0.15, 0.2) is 5.69 Å². The van der Waals surface area contributed by atoms with Crippen molar-refractivity contribution >= 4 is 28.5 Å². The fourth-order valence-corrected chi connectivity index (χ4v) is 3.82. The van der Waals surface area contributed by atoms with Crippen molar-refractivity contribution in [2.24, 2.45) is 0 Å². The van der Waals surface area contributed by atoms with Crippen molar-refractivity contribution in [3.8, 4) is 5.75 Å². The van der Waals surface area contributed by atoms with Gasteiger partial charge in [0.25, 0.3) is 5.91 Å². The first-order chi connectivity index (χ1) is 15.6. The van der Waals surface area contributed by atoms with Gasteiger partial charge >= 0.3 is 5.97 Å². The van der Waals surface area contributed by atoms with Gasteiger partial charge in [-0.2, -0.15) is 5.10 Å². The summed E-state index contributed by atoms with van der Waals surface area (Å²) in [6.45, 7) is 4.56. The highest BCUT2D eigenvalue weighted by Gasteiger charge is 2.22. The zero-order valence-corrected chi connectivity index (χ0v) is 18.2. The van der Waals surface area contributed by atoms with Gasteiger partial charge in [-0.1, -0.05) is 24.3 Å². The average Bonchev–Trinajstić information content (AvgIpc) is 3.22. The third-order valence-electron chi connectivity index (χ3n) is 5.48.